The molecule has 0 radical (unpaired) electrons. The van der Waals surface area contributed by atoms with E-state index in [2.05, 4.69) is 51.5 Å². The zero-order valence-corrected chi connectivity index (χ0v) is 23.6. The van der Waals surface area contributed by atoms with E-state index in [0.717, 1.165) is 60.3 Å². The van der Waals surface area contributed by atoms with Crippen molar-refractivity contribution in [3.8, 4) is 0 Å². The number of H-pyrrole nitrogens is 1. The van der Waals surface area contributed by atoms with Crippen LogP contribution in [-0.4, -0.2) is 74.4 Å². The van der Waals surface area contributed by atoms with E-state index in [-0.39, 0.29) is 6.04 Å². The minimum Gasteiger partial charge on any atom is -0.376 e. The number of unbranched alkanes of at least 4 members (excludes halogenated alkanes) is 1. The lowest BCUT2D eigenvalue weighted by molar-refractivity contribution is 0.338. The number of nitrogens with one attached hydrogen (secondary N) is 4. The third-order valence-corrected chi connectivity index (χ3v) is 8.05. The number of hydrogen-bond acceptors (Lipinski definition) is 6. The molecule has 1 aromatic carbocycles. The Morgan fingerprint density at radius 2 is 1.94 bits per heavy atom. The van der Waals surface area contributed by atoms with Crippen molar-refractivity contribution in [1.82, 2.24) is 29.9 Å². The quantitative estimate of drug-likeness (QED) is 0.304. The van der Waals surface area contributed by atoms with Crippen LogP contribution in [0.1, 0.15) is 44.9 Å². The van der Waals surface area contributed by atoms with Crippen LogP contribution >= 0.6 is 0 Å². The van der Waals surface area contributed by atoms with Gasteiger partial charge >= 0.3 is 10.2 Å². The Balaban J connectivity index is 1.69. The number of nitrogens with zero attached hydrogens (tertiary/aromatic N) is 3. The summed E-state index contributed by atoms with van der Waals surface area (Å²) < 4.78 is 30.5. The highest BCUT2D eigenvalue weighted by atomic mass is 32.2. The van der Waals surface area contributed by atoms with Gasteiger partial charge < -0.3 is 20.6 Å². The van der Waals surface area contributed by atoms with Gasteiger partial charge in [-0.3, -0.25) is 9.73 Å². The number of aryl methyl sites for hydroxylation is 1. The number of aromatic nitrogens is 1. The molecule has 10 heteroatoms. The molecule has 0 unspecified atom stereocenters. The van der Waals surface area contributed by atoms with E-state index in [1.165, 1.54) is 9.87 Å². The minimum atomic E-state index is -3.63. The number of rotatable bonds is 13. The third-order valence-electron chi connectivity index (χ3n) is 6.33. The van der Waals surface area contributed by atoms with Crippen molar-refractivity contribution in [2.24, 2.45) is 0 Å². The molecule has 0 fully saturated rings. The number of allylic oxidation sites excluding steroid dienone is 1. The van der Waals surface area contributed by atoms with Crippen LogP contribution in [0.15, 0.2) is 41.9 Å². The molecule has 0 saturated carbocycles. The van der Waals surface area contributed by atoms with E-state index in [1.807, 2.05) is 58.2 Å². The van der Waals surface area contributed by atoms with Crippen molar-refractivity contribution in [2.75, 3.05) is 45.5 Å². The van der Waals surface area contributed by atoms with E-state index < -0.39 is 10.2 Å². The topological polar surface area (TPSA) is 95.7 Å². The first-order chi connectivity index (χ1) is 17.0. The molecule has 0 spiro atoms. The molecule has 4 N–H and O–H groups in total. The molecule has 2 aromatic rings. The van der Waals surface area contributed by atoms with Gasteiger partial charge in [-0.25, -0.2) is 0 Å². The van der Waals surface area contributed by atoms with Gasteiger partial charge in [-0.2, -0.15) is 12.7 Å². The highest BCUT2D eigenvalue weighted by Gasteiger charge is 2.24. The Labute approximate surface area is 216 Å². The fourth-order valence-electron chi connectivity index (χ4n) is 4.42. The zero-order chi connectivity index (χ0) is 26.5. The molecular formula is C26H43N7O2S. The average Bonchev–Trinajstić information content (AvgIpc) is 3.10. The largest absolute Gasteiger partial charge is 0.376 e. The zero-order valence-electron chi connectivity index (χ0n) is 22.8. The van der Waals surface area contributed by atoms with Crippen molar-refractivity contribution < 1.29 is 8.42 Å². The van der Waals surface area contributed by atoms with Crippen LogP contribution in [0, 0.1) is 6.92 Å². The molecule has 0 bridgehead atoms. The first kappa shape index (κ1) is 27.9. The lowest BCUT2D eigenvalue weighted by Crippen LogP contribution is -2.41. The van der Waals surface area contributed by atoms with Gasteiger partial charge in [0.15, 0.2) is 0 Å². The second-order valence-corrected chi connectivity index (χ2v) is 11.5. The number of likely N-dealkylation sites (N-methyl/N-ethyl adjacent to an activating group) is 1. The van der Waals surface area contributed by atoms with E-state index in [0.29, 0.717) is 12.2 Å². The molecule has 0 amide bonds. The Morgan fingerprint density at radius 3 is 2.61 bits per heavy atom. The maximum atomic E-state index is 13.1. The summed E-state index contributed by atoms with van der Waals surface area (Å²) >= 11 is 0. The van der Waals surface area contributed by atoms with Crippen molar-refractivity contribution in [2.45, 2.75) is 53.0 Å². The van der Waals surface area contributed by atoms with Gasteiger partial charge in [0.05, 0.1) is 11.4 Å². The fourth-order valence-corrected chi connectivity index (χ4v) is 5.89. The standard InChI is InChI=1S/C26H43N7O2S/c1-8-9-14-33(19(2)3)36(34,35)30-21-10-11-26-25(16-21)24(20(4)28-26)12-13-27-17-22-15-23(31(5)6)18-32(7)29-22/h10-11,15-16,18-19,27-30H,8-9,12-14,17H2,1-7H3. The molecule has 0 aliphatic carbocycles. The molecule has 2 heterocycles. The number of hydrazine groups is 1. The maximum Gasteiger partial charge on any atom is 0.301 e. The molecule has 3 rings (SSSR count). The summed E-state index contributed by atoms with van der Waals surface area (Å²) in [5.74, 6) is 0. The predicted octanol–water partition coefficient (Wildman–Crippen LogP) is 3.51. The van der Waals surface area contributed by atoms with Gasteiger partial charge in [0.2, 0.25) is 0 Å². The van der Waals surface area contributed by atoms with Crippen LogP contribution in [-0.2, 0) is 16.6 Å². The monoisotopic (exact) mass is 517 g/mol. The summed E-state index contributed by atoms with van der Waals surface area (Å²) in [5.41, 5.74) is 9.49. The van der Waals surface area contributed by atoms with Gasteiger partial charge in [-0.05, 0) is 70.0 Å². The molecule has 1 aliphatic heterocycles. The molecule has 200 valence electrons. The Hall–Kier alpha value is -2.69. The van der Waals surface area contributed by atoms with Gasteiger partial charge in [-0.15, -0.1) is 0 Å². The summed E-state index contributed by atoms with van der Waals surface area (Å²) in [6.07, 6.45) is 6.80. The highest BCUT2D eigenvalue weighted by Crippen LogP contribution is 2.27. The highest BCUT2D eigenvalue weighted by molar-refractivity contribution is 7.90. The summed E-state index contributed by atoms with van der Waals surface area (Å²) in [5, 5.41) is 6.54. The number of benzene rings is 1. The molecule has 0 atom stereocenters. The number of hydrogen-bond donors (Lipinski definition) is 4. The van der Waals surface area contributed by atoms with E-state index >= 15 is 0 Å². The first-order valence-electron chi connectivity index (χ1n) is 12.7. The van der Waals surface area contributed by atoms with Gasteiger partial charge in [0.1, 0.15) is 0 Å². The molecule has 9 nitrogen and oxygen atoms in total. The predicted molar refractivity (Wildman–Crippen MR) is 150 cm³/mol. The third kappa shape index (κ3) is 6.96. The smallest absolute Gasteiger partial charge is 0.301 e. The summed E-state index contributed by atoms with van der Waals surface area (Å²) in [6, 6.07) is 5.61. The van der Waals surface area contributed by atoms with Crippen LogP contribution < -0.4 is 15.5 Å². The normalized spacial score (nSPS) is 14.3. The Bertz CT molecular complexity index is 1200. The van der Waals surface area contributed by atoms with Crippen molar-refractivity contribution in [1.29, 1.82) is 0 Å². The minimum absolute atomic E-state index is 0.105. The maximum absolute atomic E-state index is 13.1. The van der Waals surface area contributed by atoms with E-state index in [1.54, 1.807) is 0 Å². The van der Waals surface area contributed by atoms with Gasteiger partial charge in [0, 0.05) is 68.8 Å². The van der Waals surface area contributed by atoms with Gasteiger partial charge in [0.25, 0.3) is 0 Å². The molecule has 0 saturated heterocycles. The molecule has 1 aliphatic rings. The fraction of sp³-hybridized carbons (Fsp3) is 0.538. The molecular weight excluding hydrogens is 474 g/mol. The van der Waals surface area contributed by atoms with Crippen molar-refractivity contribution in [3.63, 3.8) is 0 Å². The summed E-state index contributed by atoms with van der Waals surface area (Å²) in [4.78, 5) is 5.53. The lowest BCUT2D eigenvalue weighted by atomic mass is 10.1. The van der Waals surface area contributed by atoms with Gasteiger partial charge in [-0.1, -0.05) is 13.3 Å². The average molecular weight is 518 g/mol. The summed E-state index contributed by atoms with van der Waals surface area (Å²) in [6.45, 7) is 9.99. The Morgan fingerprint density at radius 1 is 1.19 bits per heavy atom. The van der Waals surface area contributed by atoms with Crippen LogP contribution in [0.3, 0.4) is 0 Å². The number of anilines is 1. The Kier molecular flexibility index (Phi) is 9.32. The SMILES string of the molecule is CCCCN(C(C)C)S(=O)(=O)Nc1ccc2[nH]c(C)c(CCNCC3=CC(N(C)C)=CN(C)N3)c2c1. The number of aromatic amines is 1. The second kappa shape index (κ2) is 12.0. The summed E-state index contributed by atoms with van der Waals surface area (Å²) in [7, 11) is 2.42. The van der Waals surface area contributed by atoms with Crippen LogP contribution in [0.2, 0.25) is 0 Å². The van der Waals surface area contributed by atoms with Crippen molar-refractivity contribution >= 4 is 26.8 Å². The van der Waals surface area contributed by atoms with Crippen LogP contribution in [0.4, 0.5) is 5.69 Å². The van der Waals surface area contributed by atoms with Crippen molar-refractivity contribution in [3.05, 3.63) is 53.1 Å². The van der Waals surface area contributed by atoms with E-state index in [4.69, 9.17) is 0 Å². The van der Waals surface area contributed by atoms with Crippen LogP contribution in [0.5, 0.6) is 0 Å². The number of fused-ring (bicyclic) bond motifs is 1. The lowest BCUT2D eigenvalue weighted by Gasteiger charge is -2.28. The first-order valence-corrected chi connectivity index (χ1v) is 14.2. The molecule has 36 heavy (non-hydrogen) atoms. The van der Waals surface area contributed by atoms with E-state index in [9.17, 15) is 8.42 Å². The molecule has 1 aromatic heterocycles. The van der Waals surface area contributed by atoms with Crippen LogP contribution in [0.25, 0.3) is 10.9 Å². The second-order valence-electron chi connectivity index (χ2n) is 9.92.